The molecule has 1 aromatic carbocycles. The van der Waals surface area contributed by atoms with Crippen molar-refractivity contribution in [2.45, 2.75) is 6.92 Å². The zero-order valence-electron chi connectivity index (χ0n) is 10.1. The number of carbonyl (C=O) groups is 1. The summed E-state index contributed by atoms with van der Waals surface area (Å²) in [5.74, 6) is -0.494. The van der Waals surface area contributed by atoms with Gasteiger partial charge >= 0.3 is 5.97 Å². The van der Waals surface area contributed by atoms with E-state index in [1.165, 1.54) is 0 Å². The summed E-state index contributed by atoms with van der Waals surface area (Å²) in [7, 11) is 0. The third kappa shape index (κ3) is 2.32. The van der Waals surface area contributed by atoms with Crippen LogP contribution in [-0.2, 0) is 0 Å². The van der Waals surface area contributed by atoms with E-state index in [-0.39, 0.29) is 5.56 Å². The minimum Gasteiger partial charge on any atom is -0.478 e. The summed E-state index contributed by atoms with van der Waals surface area (Å²) in [6.45, 7) is 2.62. The standard InChI is InChI=1S/C14H14N2O2/c1-2-16(11-7-4-3-5-8-11)13-12(14(17)18)9-6-10-15-13/h3-10H,2H2,1H3,(H,17,18). The number of anilines is 2. The molecule has 18 heavy (non-hydrogen) atoms. The molecule has 2 rings (SSSR count). The van der Waals surface area contributed by atoms with Gasteiger partial charge in [-0.1, -0.05) is 18.2 Å². The lowest BCUT2D eigenvalue weighted by atomic mass is 10.2. The van der Waals surface area contributed by atoms with Crippen LogP contribution in [-0.4, -0.2) is 22.6 Å². The van der Waals surface area contributed by atoms with Crippen LogP contribution in [0.4, 0.5) is 11.5 Å². The summed E-state index contributed by atoms with van der Waals surface area (Å²) in [5, 5.41) is 9.19. The predicted octanol–water partition coefficient (Wildman–Crippen LogP) is 2.94. The first kappa shape index (κ1) is 12.1. The van der Waals surface area contributed by atoms with Crippen LogP contribution >= 0.6 is 0 Å². The summed E-state index contributed by atoms with van der Waals surface area (Å²) in [5.41, 5.74) is 1.14. The zero-order chi connectivity index (χ0) is 13.0. The molecule has 0 saturated carbocycles. The maximum atomic E-state index is 11.2. The summed E-state index contributed by atoms with van der Waals surface area (Å²) >= 11 is 0. The van der Waals surface area contributed by atoms with Crippen LogP contribution in [0.2, 0.25) is 0 Å². The highest BCUT2D eigenvalue weighted by atomic mass is 16.4. The van der Waals surface area contributed by atoms with Crippen LogP contribution in [0.1, 0.15) is 17.3 Å². The van der Waals surface area contributed by atoms with E-state index in [2.05, 4.69) is 4.98 Å². The van der Waals surface area contributed by atoms with Gasteiger partial charge in [-0.3, -0.25) is 0 Å². The molecule has 0 bridgehead atoms. The molecule has 0 amide bonds. The van der Waals surface area contributed by atoms with Gasteiger partial charge in [0, 0.05) is 18.4 Å². The molecule has 0 aliphatic heterocycles. The number of rotatable bonds is 4. The fourth-order valence-corrected chi connectivity index (χ4v) is 1.84. The third-order valence-corrected chi connectivity index (χ3v) is 2.66. The molecule has 1 aromatic heterocycles. The summed E-state index contributed by atoms with van der Waals surface area (Å²) in [6, 6.07) is 12.8. The van der Waals surface area contributed by atoms with Gasteiger partial charge in [0.15, 0.2) is 0 Å². The maximum absolute atomic E-state index is 11.2. The number of hydrogen-bond acceptors (Lipinski definition) is 3. The lowest BCUT2D eigenvalue weighted by molar-refractivity contribution is 0.0697. The molecular formula is C14H14N2O2. The van der Waals surface area contributed by atoms with Crippen LogP contribution in [0.3, 0.4) is 0 Å². The summed E-state index contributed by atoms with van der Waals surface area (Å²) in [4.78, 5) is 17.3. The molecule has 1 N–H and O–H groups in total. The summed E-state index contributed by atoms with van der Waals surface area (Å²) < 4.78 is 0. The molecule has 1 heterocycles. The molecule has 0 atom stereocenters. The highest BCUT2D eigenvalue weighted by Gasteiger charge is 2.16. The highest BCUT2D eigenvalue weighted by Crippen LogP contribution is 2.25. The van der Waals surface area contributed by atoms with Crippen LogP contribution in [0, 0.1) is 0 Å². The Balaban J connectivity index is 2.49. The smallest absolute Gasteiger partial charge is 0.339 e. The molecule has 0 radical (unpaired) electrons. The van der Waals surface area contributed by atoms with Crippen molar-refractivity contribution >= 4 is 17.5 Å². The second-order valence-corrected chi connectivity index (χ2v) is 3.76. The Morgan fingerprint density at radius 1 is 1.22 bits per heavy atom. The molecular weight excluding hydrogens is 228 g/mol. The van der Waals surface area contributed by atoms with E-state index in [0.29, 0.717) is 12.4 Å². The Bertz CT molecular complexity index is 541. The average Bonchev–Trinajstić information content (AvgIpc) is 2.41. The molecule has 0 unspecified atom stereocenters. The van der Waals surface area contributed by atoms with Crippen molar-refractivity contribution < 1.29 is 9.90 Å². The van der Waals surface area contributed by atoms with E-state index in [1.54, 1.807) is 18.3 Å². The van der Waals surface area contributed by atoms with Gasteiger partial charge in [-0.2, -0.15) is 0 Å². The largest absolute Gasteiger partial charge is 0.478 e. The number of benzene rings is 1. The van der Waals surface area contributed by atoms with Gasteiger partial charge in [-0.15, -0.1) is 0 Å². The Labute approximate surface area is 106 Å². The lowest BCUT2D eigenvalue weighted by Crippen LogP contribution is -2.20. The van der Waals surface area contributed by atoms with Gasteiger partial charge in [0.1, 0.15) is 11.4 Å². The van der Waals surface area contributed by atoms with Gasteiger partial charge in [0.2, 0.25) is 0 Å². The molecule has 0 fully saturated rings. The van der Waals surface area contributed by atoms with Crippen LogP contribution in [0.15, 0.2) is 48.7 Å². The molecule has 0 aliphatic carbocycles. The van der Waals surface area contributed by atoms with Crippen molar-refractivity contribution in [2.75, 3.05) is 11.4 Å². The predicted molar refractivity (Wildman–Crippen MR) is 70.3 cm³/mol. The topological polar surface area (TPSA) is 53.4 Å². The van der Waals surface area contributed by atoms with Gasteiger partial charge in [0.25, 0.3) is 0 Å². The number of nitrogens with zero attached hydrogens (tertiary/aromatic N) is 2. The second-order valence-electron chi connectivity index (χ2n) is 3.76. The van der Waals surface area contributed by atoms with Crippen molar-refractivity contribution in [1.29, 1.82) is 0 Å². The number of carboxylic acid groups (broad SMARTS) is 1. The van der Waals surface area contributed by atoms with Gasteiger partial charge in [-0.05, 0) is 31.2 Å². The van der Waals surface area contributed by atoms with Crippen molar-refractivity contribution in [2.24, 2.45) is 0 Å². The molecule has 0 spiro atoms. The molecule has 2 aromatic rings. The zero-order valence-corrected chi connectivity index (χ0v) is 10.1. The van der Waals surface area contributed by atoms with Crippen molar-refractivity contribution in [1.82, 2.24) is 4.98 Å². The van der Waals surface area contributed by atoms with E-state index in [9.17, 15) is 9.90 Å². The lowest BCUT2D eigenvalue weighted by Gasteiger charge is -2.23. The number of aromatic carboxylic acids is 1. The molecule has 0 aliphatic rings. The van der Waals surface area contributed by atoms with Gasteiger partial charge in [0.05, 0.1) is 0 Å². The Morgan fingerprint density at radius 3 is 2.56 bits per heavy atom. The van der Waals surface area contributed by atoms with Crippen LogP contribution in [0.25, 0.3) is 0 Å². The SMILES string of the molecule is CCN(c1ccccc1)c1ncccc1C(=O)O. The number of para-hydroxylation sites is 1. The maximum Gasteiger partial charge on any atom is 0.339 e. The first-order valence-electron chi connectivity index (χ1n) is 5.75. The van der Waals surface area contributed by atoms with E-state index < -0.39 is 5.97 Å². The van der Waals surface area contributed by atoms with Crippen LogP contribution in [0.5, 0.6) is 0 Å². The Kier molecular flexibility index (Phi) is 3.57. The van der Waals surface area contributed by atoms with E-state index in [0.717, 1.165) is 5.69 Å². The number of carboxylic acids is 1. The number of pyridine rings is 1. The fourth-order valence-electron chi connectivity index (χ4n) is 1.84. The normalized spacial score (nSPS) is 10.1. The Morgan fingerprint density at radius 2 is 1.94 bits per heavy atom. The summed E-state index contributed by atoms with van der Waals surface area (Å²) in [6.07, 6.45) is 1.60. The van der Waals surface area contributed by atoms with Crippen molar-refractivity contribution in [3.05, 3.63) is 54.2 Å². The third-order valence-electron chi connectivity index (χ3n) is 2.66. The monoisotopic (exact) mass is 242 g/mol. The first-order chi connectivity index (χ1) is 8.74. The Hall–Kier alpha value is -2.36. The van der Waals surface area contributed by atoms with Gasteiger partial charge in [-0.25, -0.2) is 9.78 Å². The first-order valence-corrected chi connectivity index (χ1v) is 5.75. The number of aromatic nitrogens is 1. The molecule has 92 valence electrons. The second kappa shape index (κ2) is 5.31. The van der Waals surface area contributed by atoms with E-state index >= 15 is 0 Å². The average molecular weight is 242 g/mol. The highest BCUT2D eigenvalue weighted by molar-refractivity contribution is 5.94. The molecule has 4 heteroatoms. The fraction of sp³-hybridized carbons (Fsp3) is 0.143. The van der Waals surface area contributed by atoms with Crippen LogP contribution < -0.4 is 4.90 Å². The number of hydrogen-bond donors (Lipinski definition) is 1. The van der Waals surface area contributed by atoms with E-state index in [1.807, 2.05) is 42.2 Å². The minimum absolute atomic E-state index is 0.211. The molecule has 0 saturated heterocycles. The minimum atomic E-state index is -0.965. The van der Waals surface area contributed by atoms with Crippen molar-refractivity contribution in [3.63, 3.8) is 0 Å². The van der Waals surface area contributed by atoms with Crippen molar-refractivity contribution in [3.8, 4) is 0 Å². The molecule has 4 nitrogen and oxygen atoms in total. The van der Waals surface area contributed by atoms with E-state index in [4.69, 9.17) is 0 Å². The van der Waals surface area contributed by atoms with Gasteiger partial charge < -0.3 is 10.0 Å². The quantitative estimate of drug-likeness (QED) is 0.895.